The second-order valence-corrected chi connectivity index (χ2v) is 8.24. The Balaban J connectivity index is 1.68. The fourth-order valence-electron chi connectivity index (χ4n) is 3.30. The summed E-state index contributed by atoms with van der Waals surface area (Å²) in [6, 6.07) is 10.9. The van der Waals surface area contributed by atoms with Gasteiger partial charge in [0.2, 0.25) is 0 Å². The number of hydrogen-bond donors (Lipinski definition) is 1. The van der Waals surface area contributed by atoms with Crippen LogP contribution < -0.4 is 5.63 Å². The average Bonchev–Trinajstić information content (AvgIpc) is 3.02. The van der Waals surface area contributed by atoms with E-state index in [9.17, 15) is 27.9 Å². The molecule has 1 aliphatic rings. The quantitative estimate of drug-likeness (QED) is 0.437. The standard InChI is InChI=1S/C23H17F3N2O4S/c1-13-10-20(30)32-18-12-16(6-7-17(13)18)27-22-28(8-9-29)21(31)19(33-22)11-14-2-4-15(5-3-14)23(24,25)26/h2-7,10-12,29H,8-9H2,1H3/b19-11-,27-22?. The Morgan fingerprint density at radius 2 is 1.85 bits per heavy atom. The van der Waals surface area contributed by atoms with Gasteiger partial charge in [0.1, 0.15) is 5.58 Å². The summed E-state index contributed by atoms with van der Waals surface area (Å²) in [5, 5.41) is 10.4. The van der Waals surface area contributed by atoms with Crippen LogP contribution in [-0.2, 0) is 11.0 Å². The van der Waals surface area contributed by atoms with E-state index in [4.69, 9.17) is 4.42 Å². The third-order valence-electron chi connectivity index (χ3n) is 4.91. The van der Waals surface area contributed by atoms with Gasteiger partial charge in [0, 0.05) is 17.5 Å². The van der Waals surface area contributed by atoms with Crippen molar-refractivity contribution in [3.63, 3.8) is 0 Å². The zero-order valence-corrected chi connectivity index (χ0v) is 18.0. The molecule has 10 heteroatoms. The van der Waals surface area contributed by atoms with Gasteiger partial charge < -0.3 is 9.52 Å². The minimum atomic E-state index is -4.45. The van der Waals surface area contributed by atoms with Crippen LogP contribution in [0.15, 0.2) is 67.6 Å². The fourth-order valence-corrected chi connectivity index (χ4v) is 4.33. The number of alkyl halides is 3. The van der Waals surface area contributed by atoms with Gasteiger partial charge in [-0.3, -0.25) is 9.69 Å². The van der Waals surface area contributed by atoms with Crippen LogP contribution in [0, 0.1) is 6.92 Å². The monoisotopic (exact) mass is 474 g/mol. The van der Waals surface area contributed by atoms with Crippen molar-refractivity contribution < 1.29 is 27.5 Å². The van der Waals surface area contributed by atoms with E-state index in [0.29, 0.717) is 22.0 Å². The molecule has 0 saturated carbocycles. The maximum Gasteiger partial charge on any atom is 0.416 e. The van der Waals surface area contributed by atoms with Gasteiger partial charge in [-0.2, -0.15) is 13.2 Å². The number of carbonyl (C=O) groups is 1. The van der Waals surface area contributed by atoms with Gasteiger partial charge in [0.05, 0.1) is 29.3 Å². The summed E-state index contributed by atoms with van der Waals surface area (Å²) in [5.41, 5.74) is 0.702. The van der Waals surface area contributed by atoms with Crippen molar-refractivity contribution in [2.75, 3.05) is 13.2 Å². The Labute approximate surface area is 190 Å². The van der Waals surface area contributed by atoms with E-state index < -0.39 is 23.3 Å². The van der Waals surface area contributed by atoms with E-state index in [1.54, 1.807) is 25.1 Å². The maximum atomic E-state index is 12.8. The number of rotatable bonds is 4. The van der Waals surface area contributed by atoms with E-state index in [1.165, 1.54) is 29.2 Å². The molecule has 0 spiro atoms. The van der Waals surface area contributed by atoms with E-state index in [1.807, 2.05) is 0 Å². The van der Waals surface area contributed by atoms with Crippen LogP contribution in [0.4, 0.5) is 18.9 Å². The Morgan fingerprint density at radius 3 is 2.52 bits per heavy atom. The van der Waals surface area contributed by atoms with Gasteiger partial charge in [-0.1, -0.05) is 12.1 Å². The molecule has 2 heterocycles. The van der Waals surface area contributed by atoms with Gasteiger partial charge in [-0.15, -0.1) is 0 Å². The first kappa shape index (κ1) is 22.8. The number of nitrogens with zero attached hydrogens (tertiary/aromatic N) is 2. The van der Waals surface area contributed by atoms with Gasteiger partial charge in [0.15, 0.2) is 5.17 Å². The molecule has 0 unspecified atom stereocenters. The fraction of sp³-hybridized carbons (Fsp3) is 0.174. The van der Waals surface area contributed by atoms with Crippen LogP contribution in [0.5, 0.6) is 0 Å². The van der Waals surface area contributed by atoms with Crippen molar-refractivity contribution in [3.8, 4) is 0 Å². The molecule has 33 heavy (non-hydrogen) atoms. The summed E-state index contributed by atoms with van der Waals surface area (Å²) < 4.78 is 43.6. The number of aryl methyl sites for hydroxylation is 1. The summed E-state index contributed by atoms with van der Waals surface area (Å²) in [6.07, 6.45) is -2.97. The average molecular weight is 474 g/mol. The summed E-state index contributed by atoms with van der Waals surface area (Å²) in [7, 11) is 0. The number of benzene rings is 2. The molecule has 0 radical (unpaired) electrons. The molecule has 170 valence electrons. The number of β-amino-alcohol motifs (C(OH)–C–C–N with tert-alkyl or cyclic N) is 1. The molecule has 1 N–H and O–H groups in total. The topological polar surface area (TPSA) is 83.1 Å². The molecular weight excluding hydrogens is 457 g/mol. The molecule has 4 rings (SSSR count). The molecule has 2 aromatic carbocycles. The second-order valence-electron chi connectivity index (χ2n) is 7.23. The normalized spacial score (nSPS) is 17.0. The number of amidine groups is 1. The highest BCUT2D eigenvalue weighted by molar-refractivity contribution is 8.18. The van der Waals surface area contributed by atoms with E-state index in [0.717, 1.165) is 34.8 Å². The number of amides is 1. The van der Waals surface area contributed by atoms with Crippen LogP contribution >= 0.6 is 11.8 Å². The minimum Gasteiger partial charge on any atom is -0.423 e. The molecule has 0 atom stereocenters. The smallest absolute Gasteiger partial charge is 0.416 e. The summed E-state index contributed by atoms with van der Waals surface area (Å²) in [5.74, 6) is -0.420. The third-order valence-corrected chi connectivity index (χ3v) is 5.91. The summed E-state index contributed by atoms with van der Waals surface area (Å²) in [4.78, 5) is 30.5. The molecule has 3 aromatic rings. The number of aliphatic imine (C=N–C) groups is 1. The van der Waals surface area contributed by atoms with Crippen molar-refractivity contribution in [3.05, 3.63) is 80.5 Å². The molecule has 0 aliphatic carbocycles. The number of thioether (sulfide) groups is 1. The van der Waals surface area contributed by atoms with E-state index in [-0.39, 0.29) is 18.1 Å². The highest BCUT2D eigenvalue weighted by Gasteiger charge is 2.33. The lowest BCUT2D eigenvalue weighted by atomic mass is 10.1. The zero-order chi connectivity index (χ0) is 23.8. The second kappa shape index (κ2) is 8.87. The van der Waals surface area contributed by atoms with Gasteiger partial charge in [-0.05, 0) is 60.2 Å². The minimum absolute atomic E-state index is 0.00318. The first-order valence-corrected chi connectivity index (χ1v) is 10.6. The van der Waals surface area contributed by atoms with Crippen molar-refractivity contribution in [1.82, 2.24) is 4.90 Å². The molecule has 1 aromatic heterocycles. The number of aliphatic hydroxyl groups excluding tert-OH is 1. The Hall–Kier alpha value is -3.37. The lowest BCUT2D eigenvalue weighted by molar-refractivity contribution is -0.137. The molecule has 1 saturated heterocycles. The number of aliphatic hydroxyl groups is 1. The third kappa shape index (κ3) is 4.86. The van der Waals surface area contributed by atoms with E-state index >= 15 is 0 Å². The molecule has 1 fully saturated rings. The Morgan fingerprint density at radius 1 is 1.12 bits per heavy atom. The maximum absolute atomic E-state index is 12.8. The number of halogens is 3. The molecule has 1 amide bonds. The van der Waals surface area contributed by atoms with Crippen molar-refractivity contribution >= 4 is 45.6 Å². The van der Waals surface area contributed by atoms with Crippen LogP contribution in [-0.4, -0.2) is 34.2 Å². The van der Waals surface area contributed by atoms with Crippen LogP contribution in [0.2, 0.25) is 0 Å². The summed E-state index contributed by atoms with van der Waals surface area (Å²) >= 11 is 1.04. The molecule has 0 bridgehead atoms. The summed E-state index contributed by atoms with van der Waals surface area (Å²) in [6.45, 7) is 1.49. The number of hydrogen-bond acceptors (Lipinski definition) is 6. The predicted molar refractivity (Wildman–Crippen MR) is 120 cm³/mol. The van der Waals surface area contributed by atoms with Gasteiger partial charge in [0.25, 0.3) is 5.91 Å². The van der Waals surface area contributed by atoms with E-state index in [2.05, 4.69) is 4.99 Å². The van der Waals surface area contributed by atoms with Crippen LogP contribution in [0.1, 0.15) is 16.7 Å². The predicted octanol–water partition coefficient (Wildman–Crippen LogP) is 4.72. The zero-order valence-electron chi connectivity index (χ0n) is 17.2. The molecular formula is C23H17F3N2O4S. The molecule has 1 aliphatic heterocycles. The Kier molecular flexibility index (Phi) is 6.13. The lowest BCUT2D eigenvalue weighted by Crippen LogP contribution is -2.31. The number of carbonyl (C=O) groups excluding carboxylic acids is 1. The van der Waals surface area contributed by atoms with Gasteiger partial charge >= 0.3 is 11.8 Å². The van der Waals surface area contributed by atoms with Crippen molar-refractivity contribution in [1.29, 1.82) is 0 Å². The van der Waals surface area contributed by atoms with Gasteiger partial charge in [-0.25, -0.2) is 9.79 Å². The SMILES string of the molecule is Cc1cc(=O)oc2cc(N=C3S/C(=C\c4ccc(C(F)(F)F)cc4)C(=O)N3CCO)ccc12. The van der Waals surface area contributed by atoms with Crippen LogP contribution in [0.3, 0.4) is 0 Å². The van der Waals surface area contributed by atoms with Crippen molar-refractivity contribution in [2.24, 2.45) is 4.99 Å². The highest BCUT2D eigenvalue weighted by atomic mass is 32.2. The first-order valence-electron chi connectivity index (χ1n) is 9.78. The Bertz CT molecular complexity index is 1340. The lowest BCUT2D eigenvalue weighted by Gasteiger charge is -2.13. The largest absolute Gasteiger partial charge is 0.423 e. The van der Waals surface area contributed by atoms with Crippen molar-refractivity contribution in [2.45, 2.75) is 13.1 Å². The highest BCUT2D eigenvalue weighted by Crippen LogP contribution is 2.35. The first-order chi connectivity index (χ1) is 15.7. The van der Waals surface area contributed by atoms with Crippen LogP contribution in [0.25, 0.3) is 17.0 Å². The molecule has 6 nitrogen and oxygen atoms in total. The number of fused-ring (bicyclic) bond motifs is 1.